The molecule has 0 saturated heterocycles. The molecule has 2 N–H and O–H groups in total. The summed E-state index contributed by atoms with van der Waals surface area (Å²) >= 11 is 0. The summed E-state index contributed by atoms with van der Waals surface area (Å²) in [5.74, 6) is -0.449. The Morgan fingerprint density at radius 2 is 2.04 bits per heavy atom. The number of aryl methyl sites for hydroxylation is 1. The van der Waals surface area contributed by atoms with Crippen LogP contribution in [-0.4, -0.2) is 12.5 Å². The van der Waals surface area contributed by atoms with E-state index >= 15 is 0 Å². The van der Waals surface area contributed by atoms with Gasteiger partial charge < -0.3 is 10.6 Å². The van der Waals surface area contributed by atoms with Gasteiger partial charge in [0.1, 0.15) is 5.82 Å². The van der Waals surface area contributed by atoms with E-state index in [4.69, 9.17) is 0 Å². The molecule has 0 fully saturated rings. The summed E-state index contributed by atoms with van der Waals surface area (Å²) in [6, 6.07) is 12.3. The van der Waals surface area contributed by atoms with Crippen LogP contribution in [0, 0.1) is 5.82 Å². The van der Waals surface area contributed by atoms with Crippen LogP contribution in [0.4, 0.5) is 10.1 Å². The molecule has 24 heavy (non-hydrogen) atoms. The highest BCUT2D eigenvalue weighted by atomic mass is 19.1. The summed E-state index contributed by atoms with van der Waals surface area (Å²) < 4.78 is 12.9. The van der Waals surface area contributed by atoms with Crippen molar-refractivity contribution in [3.8, 4) is 0 Å². The van der Waals surface area contributed by atoms with Crippen molar-refractivity contribution in [3.63, 3.8) is 0 Å². The van der Waals surface area contributed by atoms with E-state index < -0.39 is 0 Å². The Bertz CT molecular complexity index is 753. The smallest absolute Gasteiger partial charge is 0.244 e. The summed E-state index contributed by atoms with van der Waals surface area (Å²) in [4.78, 5) is 12.1. The molecule has 0 aliphatic carbocycles. The standard InChI is InChI=1S/C20H21FN2O/c1-14(16-7-10-19-17(13-16)3-2-12-22-19)23-20(24)11-6-15-4-8-18(21)9-5-15/h4-11,13-14,22H,2-3,12H2,1H3,(H,23,24). The molecule has 2 aromatic carbocycles. The highest BCUT2D eigenvalue weighted by Gasteiger charge is 2.12. The Hall–Kier alpha value is -2.62. The van der Waals surface area contributed by atoms with E-state index in [1.165, 1.54) is 29.5 Å². The molecule has 1 unspecified atom stereocenters. The van der Waals surface area contributed by atoms with Gasteiger partial charge >= 0.3 is 0 Å². The Labute approximate surface area is 141 Å². The predicted octanol–water partition coefficient (Wildman–Crippen LogP) is 4.07. The molecule has 2 aromatic rings. The largest absolute Gasteiger partial charge is 0.385 e. The van der Waals surface area contributed by atoms with Gasteiger partial charge in [-0.1, -0.05) is 24.3 Å². The van der Waals surface area contributed by atoms with Crippen molar-refractivity contribution in [2.45, 2.75) is 25.8 Å². The SMILES string of the molecule is CC(NC(=O)C=Cc1ccc(F)cc1)c1ccc2c(c1)CCCN2. The molecule has 1 heterocycles. The van der Waals surface area contributed by atoms with Crippen molar-refractivity contribution in [2.75, 3.05) is 11.9 Å². The van der Waals surface area contributed by atoms with Crippen LogP contribution in [0.1, 0.15) is 36.1 Å². The Balaban J connectivity index is 1.62. The zero-order valence-electron chi connectivity index (χ0n) is 13.7. The van der Waals surface area contributed by atoms with Crippen molar-refractivity contribution < 1.29 is 9.18 Å². The zero-order chi connectivity index (χ0) is 16.9. The minimum Gasteiger partial charge on any atom is -0.385 e. The second kappa shape index (κ2) is 7.30. The number of anilines is 1. The van der Waals surface area contributed by atoms with Gasteiger partial charge in [0.2, 0.25) is 5.91 Å². The third-order valence-corrected chi connectivity index (χ3v) is 4.22. The van der Waals surface area contributed by atoms with E-state index in [-0.39, 0.29) is 17.8 Å². The first-order chi connectivity index (χ1) is 11.6. The maximum atomic E-state index is 12.9. The first-order valence-electron chi connectivity index (χ1n) is 8.22. The highest BCUT2D eigenvalue weighted by Crippen LogP contribution is 2.25. The summed E-state index contributed by atoms with van der Waals surface area (Å²) in [7, 11) is 0. The van der Waals surface area contributed by atoms with Gasteiger partial charge in [0.25, 0.3) is 0 Å². The van der Waals surface area contributed by atoms with Gasteiger partial charge in [0.05, 0.1) is 6.04 Å². The van der Waals surface area contributed by atoms with E-state index in [1.54, 1.807) is 18.2 Å². The van der Waals surface area contributed by atoms with Gasteiger partial charge in [0.15, 0.2) is 0 Å². The average Bonchev–Trinajstić information content (AvgIpc) is 2.61. The van der Waals surface area contributed by atoms with Crippen LogP contribution in [0.15, 0.2) is 48.5 Å². The van der Waals surface area contributed by atoms with Gasteiger partial charge in [-0.2, -0.15) is 0 Å². The summed E-state index contributed by atoms with van der Waals surface area (Å²) in [6.07, 6.45) is 5.36. The second-order valence-corrected chi connectivity index (χ2v) is 6.06. The van der Waals surface area contributed by atoms with Crippen molar-refractivity contribution >= 4 is 17.7 Å². The van der Waals surface area contributed by atoms with Crippen LogP contribution < -0.4 is 10.6 Å². The normalized spacial score (nSPS) is 14.8. The van der Waals surface area contributed by atoms with Gasteiger partial charge in [-0.15, -0.1) is 0 Å². The molecule has 1 aliphatic rings. The quantitative estimate of drug-likeness (QED) is 0.832. The van der Waals surface area contributed by atoms with Crippen LogP contribution in [0.25, 0.3) is 6.08 Å². The number of carbonyl (C=O) groups excluding carboxylic acids is 1. The van der Waals surface area contributed by atoms with Crippen molar-refractivity contribution in [3.05, 3.63) is 71.0 Å². The van der Waals surface area contributed by atoms with E-state index in [0.29, 0.717) is 0 Å². The average molecular weight is 324 g/mol. The topological polar surface area (TPSA) is 41.1 Å². The molecule has 1 aliphatic heterocycles. The molecule has 0 bridgehead atoms. The fourth-order valence-corrected chi connectivity index (χ4v) is 2.85. The zero-order valence-corrected chi connectivity index (χ0v) is 13.7. The van der Waals surface area contributed by atoms with Crippen LogP contribution in [0.3, 0.4) is 0 Å². The Morgan fingerprint density at radius 3 is 2.83 bits per heavy atom. The lowest BCUT2D eigenvalue weighted by Gasteiger charge is -2.21. The lowest BCUT2D eigenvalue weighted by molar-refractivity contribution is -0.117. The maximum absolute atomic E-state index is 12.9. The maximum Gasteiger partial charge on any atom is 0.244 e. The molecular formula is C20H21FN2O. The number of fused-ring (bicyclic) bond motifs is 1. The van der Waals surface area contributed by atoms with Gasteiger partial charge in [-0.3, -0.25) is 4.79 Å². The lowest BCUT2D eigenvalue weighted by atomic mass is 9.98. The van der Waals surface area contributed by atoms with Gasteiger partial charge in [-0.25, -0.2) is 4.39 Å². The number of carbonyl (C=O) groups is 1. The summed E-state index contributed by atoms with van der Waals surface area (Å²) in [5, 5.41) is 6.35. The number of benzene rings is 2. The molecule has 124 valence electrons. The highest BCUT2D eigenvalue weighted by molar-refractivity contribution is 5.92. The third-order valence-electron chi connectivity index (χ3n) is 4.22. The van der Waals surface area contributed by atoms with Crippen LogP contribution in [0.2, 0.25) is 0 Å². The number of hydrogen-bond acceptors (Lipinski definition) is 2. The summed E-state index contributed by atoms with van der Waals surface area (Å²) in [6.45, 7) is 2.99. The molecular weight excluding hydrogens is 303 g/mol. The molecule has 1 amide bonds. The van der Waals surface area contributed by atoms with Crippen molar-refractivity contribution in [1.29, 1.82) is 0 Å². The second-order valence-electron chi connectivity index (χ2n) is 6.06. The van der Waals surface area contributed by atoms with E-state index in [9.17, 15) is 9.18 Å². The minimum atomic E-state index is -0.285. The number of amides is 1. The molecule has 1 atom stereocenters. The fourth-order valence-electron chi connectivity index (χ4n) is 2.85. The minimum absolute atomic E-state index is 0.0670. The van der Waals surface area contributed by atoms with Crippen LogP contribution in [-0.2, 0) is 11.2 Å². The van der Waals surface area contributed by atoms with Gasteiger partial charge in [0, 0.05) is 18.3 Å². The molecule has 4 heteroatoms. The molecule has 3 rings (SSSR count). The fraction of sp³-hybridized carbons (Fsp3) is 0.250. The van der Waals surface area contributed by atoms with E-state index in [1.807, 2.05) is 13.0 Å². The number of nitrogens with one attached hydrogen (secondary N) is 2. The number of hydrogen-bond donors (Lipinski definition) is 2. The molecule has 0 saturated carbocycles. The van der Waals surface area contributed by atoms with Crippen molar-refractivity contribution in [2.24, 2.45) is 0 Å². The predicted molar refractivity (Wildman–Crippen MR) is 95.2 cm³/mol. The summed E-state index contributed by atoms with van der Waals surface area (Å²) in [5.41, 5.74) is 4.39. The van der Waals surface area contributed by atoms with Crippen LogP contribution in [0.5, 0.6) is 0 Å². The third kappa shape index (κ3) is 4.02. The molecule has 0 aromatic heterocycles. The van der Waals surface area contributed by atoms with Gasteiger partial charge in [-0.05, 0) is 60.7 Å². The lowest BCUT2D eigenvalue weighted by Crippen LogP contribution is -2.25. The first-order valence-corrected chi connectivity index (χ1v) is 8.22. The van der Waals surface area contributed by atoms with E-state index in [2.05, 4.69) is 22.8 Å². The van der Waals surface area contributed by atoms with Crippen LogP contribution >= 0.6 is 0 Å². The Morgan fingerprint density at radius 1 is 1.25 bits per heavy atom. The molecule has 0 radical (unpaired) electrons. The molecule has 0 spiro atoms. The number of halogens is 1. The Kier molecular flexibility index (Phi) is 4.94. The molecule has 3 nitrogen and oxygen atoms in total. The van der Waals surface area contributed by atoms with Crippen molar-refractivity contribution in [1.82, 2.24) is 5.32 Å². The first kappa shape index (κ1) is 16.2. The monoisotopic (exact) mass is 324 g/mol. The van der Waals surface area contributed by atoms with E-state index in [0.717, 1.165) is 30.5 Å². The number of rotatable bonds is 4.